The van der Waals surface area contributed by atoms with Crippen molar-refractivity contribution in [3.05, 3.63) is 49.7 Å². The van der Waals surface area contributed by atoms with Gasteiger partial charge in [-0.3, -0.25) is 0 Å². The van der Waals surface area contributed by atoms with E-state index in [9.17, 15) is 4.39 Å². The van der Waals surface area contributed by atoms with Gasteiger partial charge in [-0.05, 0) is 53.1 Å². The van der Waals surface area contributed by atoms with Gasteiger partial charge >= 0.3 is 0 Å². The minimum atomic E-state index is -0.347. The Morgan fingerprint density at radius 1 is 1.35 bits per heavy atom. The molecule has 1 fully saturated rings. The van der Waals surface area contributed by atoms with Gasteiger partial charge in [-0.25, -0.2) is 14.4 Å². The number of anilines is 1. The zero-order valence-corrected chi connectivity index (χ0v) is 13.4. The molecule has 0 bridgehead atoms. The first-order valence-electron chi connectivity index (χ1n) is 6.30. The Morgan fingerprint density at radius 3 is 2.75 bits per heavy atom. The Labute approximate surface area is 134 Å². The highest BCUT2D eigenvalue weighted by molar-refractivity contribution is 14.1. The van der Waals surface area contributed by atoms with Crippen molar-refractivity contribution in [2.75, 3.05) is 5.73 Å². The number of rotatable bonds is 3. The zero-order chi connectivity index (χ0) is 14.3. The Morgan fingerprint density at radius 2 is 2.10 bits per heavy atom. The van der Waals surface area contributed by atoms with E-state index in [0.29, 0.717) is 29.0 Å². The maximum atomic E-state index is 13.0. The Hall–Kier alpha value is -0.950. The first-order chi connectivity index (χ1) is 9.54. The van der Waals surface area contributed by atoms with Crippen molar-refractivity contribution < 1.29 is 4.39 Å². The number of benzene rings is 1. The van der Waals surface area contributed by atoms with Crippen molar-refractivity contribution in [2.45, 2.75) is 25.2 Å². The summed E-state index contributed by atoms with van der Waals surface area (Å²) in [7, 11) is 0. The lowest BCUT2D eigenvalue weighted by Crippen LogP contribution is -2.07. The molecule has 0 saturated heterocycles. The van der Waals surface area contributed by atoms with Crippen molar-refractivity contribution in [3.63, 3.8) is 0 Å². The normalized spacial score (nSPS) is 14.6. The van der Waals surface area contributed by atoms with Gasteiger partial charge < -0.3 is 5.73 Å². The maximum absolute atomic E-state index is 13.0. The number of nitrogen functional groups attached to an aromatic ring is 1. The van der Waals surface area contributed by atoms with Crippen LogP contribution in [0.15, 0.2) is 18.2 Å². The second-order valence-corrected chi connectivity index (χ2v) is 6.40. The molecule has 3 nitrogen and oxygen atoms in total. The monoisotopic (exact) mass is 403 g/mol. The van der Waals surface area contributed by atoms with Crippen molar-refractivity contribution in [3.8, 4) is 0 Å². The molecular weight excluding hydrogens is 392 g/mol. The van der Waals surface area contributed by atoms with Crippen LogP contribution in [-0.2, 0) is 6.42 Å². The third-order valence-corrected chi connectivity index (χ3v) is 4.73. The van der Waals surface area contributed by atoms with Crippen LogP contribution >= 0.6 is 34.2 Å². The summed E-state index contributed by atoms with van der Waals surface area (Å²) in [6, 6.07) is 4.35. The molecule has 0 aliphatic heterocycles. The van der Waals surface area contributed by atoms with E-state index in [-0.39, 0.29) is 5.82 Å². The second-order valence-electron chi connectivity index (χ2n) is 4.91. The van der Waals surface area contributed by atoms with Gasteiger partial charge in [0.15, 0.2) is 0 Å². The number of nitrogens with zero attached hydrogens (tertiary/aromatic N) is 2. The van der Waals surface area contributed by atoms with Crippen LogP contribution < -0.4 is 5.73 Å². The summed E-state index contributed by atoms with van der Waals surface area (Å²) in [6.45, 7) is 0. The largest absolute Gasteiger partial charge is 0.383 e. The molecule has 2 aromatic rings. The smallest absolute Gasteiger partial charge is 0.140 e. The molecule has 1 aromatic heterocycles. The number of hydrogen-bond acceptors (Lipinski definition) is 3. The summed E-state index contributed by atoms with van der Waals surface area (Å²) in [5.74, 6) is 1.31. The Bertz CT molecular complexity index is 674. The average Bonchev–Trinajstić information content (AvgIpc) is 3.21. The SMILES string of the molecule is Nc1nc(Cc2ccc(F)cc2Cl)nc(C2CC2)c1I. The fraction of sp³-hybridized carbons (Fsp3) is 0.286. The number of nitrogens with two attached hydrogens (primary N) is 1. The number of halogens is 3. The first-order valence-corrected chi connectivity index (χ1v) is 7.76. The van der Waals surface area contributed by atoms with Crippen LogP contribution in [0.2, 0.25) is 5.02 Å². The lowest BCUT2D eigenvalue weighted by molar-refractivity contribution is 0.627. The summed E-state index contributed by atoms with van der Waals surface area (Å²) in [4.78, 5) is 8.91. The van der Waals surface area contributed by atoms with E-state index in [2.05, 4.69) is 32.6 Å². The third-order valence-electron chi connectivity index (χ3n) is 3.28. The van der Waals surface area contributed by atoms with Crippen LogP contribution in [0, 0.1) is 9.39 Å². The fourth-order valence-electron chi connectivity index (χ4n) is 2.07. The minimum absolute atomic E-state index is 0.347. The summed E-state index contributed by atoms with van der Waals surface area (Å²) in [6.07, 6.45) is 2.77. The predicted molar refractivity (Wildman–Crippen MR) is 85.4 cm³/mol. The lowest BCUT2D eigenvalue weighted by atomic mass is 10.1. The van der Waals surface area contributed by atoms with Gasteiger partial charge in [0.2, 0.25) is 0 Å². The first kappa shape index (κ1) is 14.0. The Balaban J connectivity index is 1.94. The second kappa shape index (κ2) is 5.44. The number of aromatic nitrogens is 2. The lowest BCUT2D eigenvalue weighted by Gasteiger charge is -2.09. The van der Waals surface area contributed by atoms with E-state index in [0.717, 1.165) is 27.7 Å². The molecule has 1 aromatic carbocycles. The summed E-state index contributed by atoms with van der Waals surface area (Å²) >= 11 is 8.23. The maximum Gasteiger partial charge on any atom is 0.140 e. The van der Waals surface area contributed by atoms with Gasteiger partial charge in [-0.15, -0.1) is 0 Å². The van der Waals surface area contributed by atoms with E-state index in [1.807, 2.05) is 0 Å². The van der Waals surface area contributed by atoms with Crippen LogP contribution in [0.1, 0.15) is 35.8 Å². The van der Waals surface area contributed by atoms with Crippen molar-refractivity contribution >= 4 is 40.0 Å². The van der Waals surface area contributed by atoms with Crippen LogP contribution in [-0.4, -0.2) is 9.97 Å². The molecule has 3 rings (SSSR count). The number of hydrogen-bond donors (Lipinski definition) is 1. The molecule has 1 saturated carbocycles. The van der Waals surface area contributed by atoms with E-state index >= 15 is 0 Å². The van der Waals surface area contributed by atoms with Gasteiger partial charge in [-0.1, -0.05) is 17.7 Å². The minimum Gasteiger partial charge on any atom is -0.383 e. The van der Waals surface area contributed by atoms with Crippen molar-refractivity contribution in [1.29, 1.82) is 0 Å². The predicted octanol–water partition coefficient (Wildman–Crippen LogP) is 3.92. The van der Waals surface area contributed by atoms with Crippen LogP contribution in [0.25, 0.3) is 0 Å². The van der Waals surface area contributed by atoms with Crippen LogP contribution in [0.5, 0.6) is 0 Å². The third kappa shape index (κ3) is 2.88. The molecule has 1 heterocycles. The summed E-state index contributed by atoms with van der Waals surface area (Å²) in [5.41, 5.74) is 7.79. The molecular formula is C14H12ClFIN3. The van der Waals surface area contributed by atoms with Crippen molar-refractivity contribution in [2.24, 2.45) is 0 Å². The molecule has 2 N–H and O–H groups in total. The van der Waals surface area contributed by atoms with Crippen LogP contribution in [0.3, 0.4) is 0 Å². The molecule has 0 unspecified atom stereocenters. The topological polar surface area (TPSA) is 51.8 Å². The molecule has 104 valence electrons. The molecule has 0 atom stereocenters. The zero-order valence-electron chi connectivity index (χ0n) is 10.5. The van der Waals surface area contributed by atoms with Gasteiger partial charge in [0.05, 0.1) is 9.26 Å². The highest BCUT2D eigenvalue weighted by Crippen LogP contribution is 2.42. The van der Waals surface area contributed by atoms with E-state index in [4.69, 9.17) is 17.3 Å². The highest BCUT2D eigenvalue weighted by atomic mass is 127. The van der Waals surface area contributed by atoms with E-state index in [1.54, 1.807) is 6.07 Å². The van der Waals surface area contributed by atoms with E-state index in [1.165, 1.54) is 12.1 Å². The quantitative estimate of drug-likeness (QED) is 0.790. The molecule has 20 heavy (non-hydrogen) atoms. The van der Waals surface area contributed by atoms with Gasteiger partial charge in [0.1, 0.15) is 17.5 Å². The summed E-state index contributed by atoms with van der Waals surface area (Å²) in [5, 5.41) is 0.388. The molecule has 0 amide bonds. The molecule has 1 aliphatic carbocycles. The van der Waals surface area contributed by atoms with E-state index < -0.39 is 0 Å². The molecule has 1 aliphatic rings. The molecule has 6 heteroatoms. The fourth-order valence-corrected chi connectivity index (χ4v) is 2.99. The molecule has 0 spiro atoms. The van der Waals surface area contributed by atoms with Gasteiger partial charge in [0.25, 0.3) is 0 Å². The highest BCUT2D eigenvalue weighted by Gasteiger charge is 2.29. The van der Waals surface area contributed by atoms with Crippen LogP contribution in [0.4, 0.5) is 10.2 Å². The molecule has 0 radical (unpaired) electrons. The summed E-state index contributed by atoms with van der Waals surface area (Å²) < 4.78 is 14.0. The Kier molecular flexibility index (Phi) is 3.81. The van der Waals surface area contributed by atoms with Gasteiger partial charge in [-0.2, -0.15) is 0 Å². The average molecular weight is 404 g/mol. The standard InChI is InChI=1S/C14H12ClFIN3/c15-10-6-9(16)4-3-8(10)5-11-19-13(7-1-2-7)12(17)14(18)20-11/h3-4,6-7H,1-2,5H2,(H2,18,19,20). The van der Waals surface area contributed by atoms with Crippen molar-refractivity contribution in [1.82, 2.24) is 9.97 Å². The van der Waals surface area contributed by atoms with Gasteiger partial charge in [0, 0.05) is 17.4 Å².